The van der Waals surface area contributed by atoms with Gasteiger partial charge in [0.1, 0.15) is 36.1 Å². The fraction of sp³-hybridized carbons (Fsp3) is 0.460. The lowest BCUT2D eigenvalue weighted by Gasteiger charge is -2.38. The van der Waals surface area contributed by atoms with Crippen LogP contribution in [0.25, 0.3) is 5.57 Å². The number of piperazine rings is 1. The van der Waals surface area contributed by atoms with Crippen molar-refractivity contribution in [2.75, 3.05) is 97.3 Å². The van der Waals surface area contributed by atoms with Gasteiger partial charge in [-0.05, 0) is 148 Å². The maximum absolute atomic E-state index is 13.8. The fourth-order valence-electron chi connectivity index (χ4n) is 13.3. The summed E-state index contributed by atoms with van der Waals surface area (Å²) in [4.78, 5) is 49.6. The molecule has 3 aromatic carbocycles. The Balaban J connectivity index is 0.653. The summed E-state index contributed by atoms with van der Waals surface area (Å²) >= 11 is 6.09. The summed E-state index contributed by atoms with van der Waals surface area (Å²) in [7, 11) is 1.67. The molecule has 14 heteroatoms. The molecule has 2 aliphatic carbocycles. The van der Waals surface area contributed by atoms with E-state index in [1.165, 1.54) is 40.1 Å². The Hall–Kier alpha value is -6.41. The molecular weight excluding hydrogens is 986 g/mol. The van der Waals surface area contributed by atoms with E-state index in [0.29, 0.717) is 48.0 Å². The number of hydrogen-bond donors (Lipinski definition) is 2. The van der Waals surface area contributed by atoms with E-state index < -0.39 is 0 Å². The Labute approximate surface area is 459 Å². The number of carbonyl (C=O) groups excluding carboxylic acids is 3. The second kappa shape index (κ2) is 23.7. The molecule has 0 spiro atoms. The van der Waals surface area contributed by atoms with Gasteiger partial charge in [-0.3, -0.25) is 14.4 Å². The quantitative estimate of drug-likeness (QED) is 0.0645. The van der Waals surface area contributed by atoms with Crippen LogP contribution in [0.1, 0.15) is 102 Å². The van der Waals surface area contributed by atoms with Gasteiger partial charge in [0.25, 0.3) is 5.91 Å². The first-order valence-corrected chi connectivity index (χ1v) is 28.7. The molecule has 1 saturated heterocycles. The molecule has 0 radical (unpaired) electrons. The van der Waals surface area contributed by atoms with Crippen LogP contribution in [0.3, 0.4) is 0 Å². The Morgan fingerprint density at radius 3 is 2.35 bits per heavy atom. The number of nitrogens with zero attached hydrogens (tertiary/aromatic N) is 5. The zero-order valence-electron chi connectivity index (χ0n) is 45.1. The van der Waals surface area contributed by atoms with Gasteiger partial charge in [-0.2, -0.15) is 0 Å². The summed E-state index contributed by atoms with van der Waals surface area (Å²) < 4.78 is 21.6. The van der Waals surface area contributed by atoms with Crippen LogP contribution in [-0.4, -0.2) is 142 Å². The number of halogens is 1. The monoisotopic (exact) mass is 1060 g/mol. The fourth-order valence-corrected chi connectivity index (χ4v) is 13.4. The molecule has 0 aromatic heterocycles. The third kappa shape index (κ3) is 11.3. The minimum absolute atomic E-state index is 0.0214. The number of aryl methyl sites for hydroxylation is 1. The van der Waals surface area contributed by atoms with Crippen LogP contribution in [-0.2, 0) is 22.4 Å². The molecule has 6 heterocycles. The molecule has 3 aromatic rings. The molecule has 404 valence electrons. The number of nitrogens with one attached hydrogen (secondary N) is 2. The van der Waals surface area contributed by atoms with Crippen LogP contribution in [0.15, 0.2) is 119 Å². The number of rotatable bonds is 20. The molecule has 3 unspecified atom stereocenters. The van der Waals surface area contributed by atoms with Crippen molar-refractivity contribution < 1.29 is 33.2 Å². The number of benzene rings is 3. The first-order valence-electron chi connectivity index (χ1n) is 28.3. The highest BCUT2D eigenvalue weighted by atomic mass is 35.5. The normalized spacial score (nSPS) is 21.9. The number of carbonyl (C=O) groups is 3. The Kier molecular flexibility index (Phi) is 16.2. The number of anilines is 1. The van der Waals surface area contributed by atoms with Crippen LogP contribution >= 0.6 is 11.6 Å². The number of fused-ring (bicyclic) bond motifs is 1. The molecule has 8 aliphatic rings. The Bertz CT molecular complexity index is 2980. The first kappa shape index (κ1) is 52.6. The first-order chi connectivity index (χ1) is 37.6. The van der Waals surface area contributed by atoms with E-state index in [1.54, 1.807) is 19.2 Å². The lowest BCUT2D eigenvalue weighted by atomic mass is 9.76. The van der Waals surface area contributed by atoms with Gasteiger partial charge >= 0.3 is 0 Å². The van der Waals surface area contributed by atoms with E-state index in [0.717, 1.165) is 169 Å². The summed E-state index contributed by atoms with van der Waals surface area (Å²) in [5.41, 5.74) is 12.7. The molecule has 77 heavy (non-hydrogen) atoms. The molecule has 2 N–H and O–H groups in total. The second-order valence-electron chi connectivity index (χ2n) is 22.0. The van der Waals surface area contributed by atoms with Crippen molar-refractivity contribution >= 4 is 46.7 Å². The van der Waals surface area contributed by atoms with Gasteiger partial charge < -0.3 is 44.4 Å². The molecular formula is C63H75ClN7O6+. The summed E-state index contributed by atoms with van der Waals surface area (Å²) in [6.45, 7) is 18.3. The number of allylic oxidation sites excluding steroid dienone is 5. The van der Waals surface area contributed by atoms with Crippen molar-refractivity contribution in [3.05, 3.63) is 152 Å². The van der Waals surface area contributed by atoms with E-state index in [9.17, 15) is 14.4 Å². The minimum Gasteiger partial charge on any atom is -0.497 e. The smallest absolute Gasteiger partial charge is 0.251 e. The van der Waals surface area contributed by atoms with Crippen LogP contribution in [0.4, 0.5) is 5.69 Å². The minimum atomic E-state index is -0.273. The van der Waals surface area contributed by atoms with Gasteiger partial charge in [0.15, 0.2) is 13.0 Å². The zero-order chi connectivity index (χ0) is 53.0. The topological polar surface area (TPSA) is 119 Å². The van der Waals surface area contributed by atoms with Crippen molar-refractivity contribution in [2.24, 2.45) is 11.8 Å². The molecule has 13 nitrogen and oxygen atoms in total. The van der Waals surface area contributed by atoms with Crippen LogP contribution in [0, 0.1) is 11.8 Å². The van der Waals surface area contributed by atoms with Gasteiger partial charge in [-0.1, -0.05) is 42.5 Å². The summed E-state index contributed by atoms with van der Waals surface area (Å²) in [5, 5.41) is 7.03. The maximum atomic E-state index is 13.8. The van der Waals surface area contributed by atoms with Gasteiger partial charge in [0, 0.05) is 110 Å². The molecule has 11 rings (SSSR count). The average molecular weight is 1060 g/mol. The summed E-state index contributed by atoms with van der Waals surface area (Å²) in [5.74, 6) is 3.01. The lowest BCUT2D eigenvalue weighted by Crippen LogP contribution is -2.47. The van der Waals surface area contributed by atoms with Crippen LogP contribution < -0.4 is 25.0 Å². The van der Waals surface area contributed by atoms with E-state index >= 15 is 0 Å². The highest BCUT2D eigenvalue weighted by Gasteiger charge is 2.42. The average Bonchev–Trinajstić information content (AvgIpc) is 3.81. The van der Waals surface area contributed by atoms with Crippen LogP contribution in [0.2, 0.25) is 5.02 Å². The molecule has 6 aliphatic heterocycles. The van der Waals surface area contributed by atoms with Gasteiger partial charge in [-0.15, -0.1) is 0 Å². The number of aldehydes is 1. The lowest BCUT2D eigenvalue weighted by molar-refractivity contribution is -0.533. The van der Waals surface area contributed by atoms with Crippen molar-refractivity contribution in [2.45, 2.75) is 83.6 Å². The predicted molar refractivity (Wildman–Crippen MR) is 304 cm³/mol. The van der Waals surface area contributed by atoms with E-state index in [1.807, 2.05) is 36.4 Å². The van der Waals surface area contributed by atoms with Gasteiger partial charge in [-0.25, -0.2) is 4.58 Å². The Morgan fingerprint density at radius 1 is 0.857 bits per heavy atom. The summed E-state index contributed by atoms with van der Waals surface area (Å²) in [6, 6.07) is 17.3. The second-order valence-corrected chi connectivity index (χ2v) is 22.4. The van der Waals surface area contributed by atoms with Crippen LogP contribution in [0.5, 0.6) is 11.5 Å². The molecule has 3 atom stereocenters. The SMILES string of the molecule is C=C(c1cc(C(=O)NCCCN2CCN(CCCNC(=O)CC3=C(C)N(COc4ccc(Cl)cc4)C4C=CC(OC)=CC34)CC2)ccc1C=O)C1C=C2CCC[N+]3=C2C(=C1Oc1ccc2c4c1CCCN4CCC2)CCC3. The molecule has 0 saturated carbocycles. The number of hydrogen-bond acceptors (Lipinski definition) is 10. The zero-order valence-corrected chi connectivity index (χ0v) is 45.8. The molecule has 0 bridgehead atoms. The van der Waals surface area contributed by atoms with Crippen molar-refractivity contribution in [1.82, 2.24) is 25.3 Å². The molecule has 2 amide bonds. The number of methoxy groups -OCH3 is 1. The highest BCUT2D eigenvalue weighted by molar-refractivity contribution is 6.30. The summed E-state index contributed by atoms with van der Waals surface area (Å²) in [6.07, 6.45) is 20.0. The van der Waals surface area contributed by atoms with Gasteiger partial charge in [0.2, 0.25) is 11.6 Å². The third-order valence-electron chi connectivity index (χ3n) is 17.3. The van der Waals surface area contributed by atoms with Crippen molar-refractivity contribution in [3.8, 4) is 11.5 Å². The van der Waals surface area contributed by atoms with Gasteiger partial charge in [0.05, 0.1) is 31.1 Å². The maximum Gasteiger partial charge on any atom is 0.251 e. The molecule has 1 fully saturated rings. The highest BCUT2D eigenvalue weighted by Crippen LogP contribution is 2.46. The predicted octanol–water partition coefficient (Wildman–Crippen LogP) is 9.14. The van der Waals surface area contributed by atoms with Crippen molar-refractivity contribution in [1.29, 1.82) is 0 Å². The standard InChI is InChI=1S/C63H74ClN7O6/c1-42(54-36-45-11-5-29-70-31-7-13-52(61(45)70)62(54)77-58-23-16-44-10-4-28-69-30-6-12-51(58)60(44)69)53-37-46(14-15-47(53)40-72)63(74)66-25-9-27-68-34-32-67(33-35-68)26-8-24-65-59(73)39-55-43(2)71(41-76-49-19-17-48(64)18-20-49)57-22-21-50(75-3)38-56(55)57/h14-23,36-38,40,54,56-57H,1,4-13,24-35,39,41H2,2-3H3,(H-,65,66,73,74)/p+1. The third-order valence-corrected chi connectivity index (χ3v) is 17.6. The Morgan fingerprint density at radius 2 is 1.60 bits per heavy atom. The van der Waals surface area contributed by atoms with E-state index in [2.05, 4.69) is 72.1 Å². The number of amides is 2. The van der Waals surface area contributed by atoms with E-state index in [4.69, 9.17) is 32.4 Å². The number of ether oxygens (including phenoxy) is 3. The largest absolute Gasteiger partial charge is 0.497 e. The van der Waals surface area contributed by atoms with E-state index in [-0.39, 0.29) is 29.7 Å². The van der Waals surface area contributed by atoms with Crippen molar-refractivity contribution in [3.63, 3.8) is 0 Å².